The molecule has 1 aliphatic rings. The van der Waals surface area contributed by atoms with E-state index in [2.05, 4.69) is 0 Å². The summed E-state index contributed by atoms with van der Waals surface area (Å²) in [6.45, 7) is -0.146. The van der Waals surface area contributed by atoms with Crippen molar-refractivity contribution in [3.63, 3.8) is 0 Å². The van der Waals surface area contributed by atoms with Gasteiger partial charge in [0.15, 0.2) is 0 Å². The highest BCUT2D eigenvalue weighted by molar-refractivity contribution is 7.91. The van der Waals surface area contributed by atoms with Gasteiger partial charge in [0, 0.05) is 16.8 Å². The Hall–Kier alpha value is -1.27. The zero-order valence-electron chi connectivity index (χ0n) is 10.8. The highest BCUT2D eigenvalue weighted by Crippen LogP contribution is 2.25. The fourth-order valence-electron chi connectivity index (χ4n) is 2.40. The van der Waals surface area contributed by atoms with Gasteiger partial charge in [0.25, 0.3) is 0 Å². The van der Waals surface area contributed by atoms with E-state index in [-0.39, 0.29) is 24.1 Å². The van der Waals surface area contributed by atoms with Crippen LogP contribution in [0.2, 0.25) is 5.02 Å². The summed E-state index contributed by atoms with van der Waals surface area (Å²) < 4.78 is 22.9. The summed E-state index contributed by atoms with van der Waals surface area (Å²) in [5, 5.41) is 9.63. The second-order valence-electron chi connectivity index (χ2n) is 4.88. The Kier molecular flexibility index (Phi) is 4.55. The van der Waals surface area contributed by atoms with Crippen LogP contribution in [-0.2, 0) is 14.6 Å². The van der Waals surface area contributed by atoms with Crippen LogP contribution >= 0.6 is 11.6 Å². The summed E-state index contributed by atoms with van der Waals surface area (Å²) in [5.74, 6) is -0.712. The molecule has 1 aromatic rings. The summed E-state index contributed by atoms with van der Waals surface area (Å²) >= 11 is 5.83. The fourth-order valence-corrected chi connectivity index (χ4v) is 3.99. The van der Waals surface area contributed by atoms with Crippen LogP contribution in [0, 0.1) is 0 Å². The van der Waals surface area contributed by atoms with Crippen molar-refractivity contribution in [1.29, 1.82) is 0 Å². The van der Waals surface area contributed by atoms with Crippen LogP contribution in [-0.4, -0.2) is 43.6 Å². The third kappa shape index (κ3) is 3.86. The van der Waals surface area contributed by atoms with Crippen molar-refractivity contribution in [3.05, 3.63) is 29.3 Å². The third-order valence-electron chi connectivity index (χ3n) is 3.43. The second kappa shape index (κ2) is 6.01. The van der Waals surface area contributed by atoms with Crippen molar-refractivity contribution in [1.82, 2.24) is 0 Å². The minimum atomic E-state index is -2.96. The molecule has 0 amide bonds. The van der Waals surface area contributed by atoms with Crippen LogP contribution < -0.4 is 4.90 Å². The molecule has 20 heavy (non-hydrogen) atoms. The normalized spacial score (nSPS) is 18.6. The van der Waals surface area contributed by atoms with Crippen LogP contribution in [0.5, 0.6) is 0 Å². The molecular formula is C13H16ClNO4S. The molecule has 0 bridgehead atoms. The van der Waals surface area contributed by atoms with Crippen molar-refractivity contribution in [3.8, 4) is 0 Å². The molecule has 0 saturated carbocycles. The van der Waals surface area contributed by atoms with Gasteiger partial charge in [-0.05, 0) is 37.1 Å². The van der Waals surface area contributed by atoms with E-state index < -0.39 is 15.8 Å². The number of aliphatic carboxylic acids is 1. The Morgan fingerprint density at radius 2 is 1.80 bits per heavy atom. The van der Waals surface area contributed by atoms with Gasteiger partial charge in [-0.1, -0.05) is 11.6 Å². The van der Waals surface area contributed by atoms with Gasteiger partial charge in [-0.2, -0.15) is 0 Å². The molecular weight excluding hydrogens is 302 g/mol. The summed E-state index contributed by atoms with van der Waals surface area (Å²) in [7, 11) is -2.96. The molecule has 1 aliphatic heterocycles. The van der Waals surface area contributed by atoms with Crippen LogP contribution in [0.3, 0.4) is 0 Å². The average molecular weight is 318 g/mol. The number of anilines is 1. The SMILES string of the molecule is O=C(O)CN(c1ccc(Cl)cc1)C1CCS(=O)(=O)CC1. The van der Waals surface area contributed by atoms with Gasteiger partial charge >= 0.3 is 5.97 Å². The van der Waals surface area contributed by atoms with E-state index in [0.717, 1.165) is 5.69 Å². The number of rotatable bonds is 4. The van der Waals surface area contributed by atoms with Gasteiger partial charge in [0.1, 0.15) is 16.4 Å². The number of halogens is 1. The van der Waals surface area contributed by atoms with E-state index in [4.69, 9.17) is 16.7 Å². The zero-order chi connectivity index (χ0) is 14.8. The molecule has 1 heterocycles. The van der Waals surface area contributed by atoms with Gasteiger partial charge in [-0.3, -0.25) is 4.79 Å². The summed E-state index contributed by atoms with van der Waals surface area (Å²) in [4.78, 5) is 12.8. The number of hydrogen-bond donors (Lipinski definition) is 1. The number of benzene rings is 1. The van der Waals surface area contributed by atoms with Gasteiger partial charge in [-0.15, -0.1) is 0 Å². The van der Waals surface area contributed by atoms with Gasteiger partial charge in [-0.25, -0.2) is 8.42 Å². The van der Waals surface area contributed by atoms with Crippen molar-refractivity contribution >= 4 is 33.1 Å². The molecule has 1 fully saturated rings. The van der Waals surface area contributed by atoms with Crippen LogP contribution in [0.4, 0.5) is 5.69 Å². The molecule has 0 radical (unpaired) electrons. The third-order valence-corrected chi connectivity index (χ3v) is 5.40. The molecule has 0 aromatic heterocycles. The van der Waals surface area contributed by atoms with Crippen LogP contribution in [0.15, 0.2) is 24.3 Å². The molecule has 0 spiro atoms. The highest BCUT2D eigenvalue weighted by atomic mass is 35.5. The molecule has 1 aromatic carbocycles. The minimum Gasteiger partial charge on any atom is -0.480 e. The lowest BCUT2D eigenvalue weighted by Crippen LogP contribution is -2.44. The molecule has 0 unspecified atom stereocenters. The molecule has 0 atom stereocenters. The van der Waals surface area contributed by atoms with Crippen molar-refractivity contribution in [2.24, 2.45) is 0 Å². The molecule has 2 rings (SSSR count). The summed E-state index contributed by atoms with van der Waals surface area (Å²) in [5.41, 5.74) is 0.751. The number of hydrogen-bond acceptors (Lipinski definition) is 4. The molecule has 5 nitrogen and oxygen atoms in total. The maximum absolute atomic E-state index is 11.5. The standard InChI is InChI=1S/C13H16ClNO4S/c14-10-1-3-11(4-2-10)15(9-13(16)17)12-5-7-20(18,19)8-6-12/h1-4,12H,5-9H2,(H,16,17). The van der Waals surface area contributed by atoms with Gasteiger partial charge in [0.05, 0.1) is 11.5 Å². The number of sulfone groups is 1. The van der Waals surface area contributed by atoms with Crippen LogP contribution in [0.25, 0.3) is 0 Å². The molecule has 1 saturated heterocycles. The Bertz CT molecular complexity index is 571. The molecule has 0 aliphatic carbocycles. The Morgan fingerprint density at radius 3 is 2.30 bits per heavy atom. The Morgan fingerprint density at radius 1 is 1.25 bits per heavy atom. The highest BCUT2D eigenvalue weighted by Gasteiger charge is 2.29. The lowest BCUT2D eigenvalue weighted by molar-refractivity contribution is -0.135. The predicted molar refractivity (Wildman–Crippen MR) is 78.1 cm³/mol. The Labute approximate surface area is 123 Å². The summed E-state index contributed by atoms with van der Waals surface area (Å²) in [6.07, 6.45) is 0.913. The van der Waals surface area contributed by atoms with E-state index in [0.29, 0.717) is 17.9 Å². The lowest BCUT2D eigenvalue weighted by atomic mass is 10.1. The number of carbonyl (C=O) groups is 1. The first-order chi connectivity index (χ1) is 9.37. The topological polar surface area (TPSA) is 74.7 Å². The number of nitrogens with zero attached hydrogens (tertiary/aromatic N) is 1. The summed E-state index contributed by atoms with van der Waals surface area (Å²) in [6, 6.07) is 6.84. The van der Waals surface area contributed by atoms with Gasteiger partial charge < -0.3 is 10.0 Å². The fraction of sp³-hybridized carbons (Fsp3) is 0.462. The molecule has 1 N–H and O–H groups in total. The smallest absolute Gasteiger partial charge is 0.323 e. The minimum absolute atomic E-state index is 0.0733. The maximum Gasteiger partial charge on any atom is 0.323 e. The lowest BCUT2D eigenvalue weighted by Gasteiger charge is -2.34. The number of carboxylic acid groups (broad SMARTS) is 1. The van der Waals surface area contributed by atoms with Gasteiger partial charge in [0.2, 0.25) is 0 Å². The first-order valence-corrected chi connectivity index (χ1v) is 8.52. The second-order valence-corrected chi connectivity index (χ2v) is 7.62. The predicted octanol–water partition coefficient (Wildman–Crippen LogP) is 1.81. The maximum atomic E-state index is 11.5. The van der Waals surface area contributed by atoms with E-state index in [1.807, 2.05) is 0 Å². The van der Waals surface area contributed by atoms with Crippen molar-refractivity contribution < 1.29 is 18.3 Å². The van der Waals surface area contributed by atoms with E-state index in [1.165, 1.54) is 0 Å². The first-order valence-electron chi connectivity index (χ1n) is 6.32. The Balaban J connectivity index is 2.20. The quantitative estimate of drug-likeness (QED) is 0.916. The number of carboxylic acids is 1. The monoisotopic (exact) mass is 317 g/mol. The largest absolute Gasteiger partial charge is 0.480 e. The van der Waals surface area contributed by atoms with Crippen LogP contribution in [0.1, 0.15) is 12.8 Å². The first kappa shape index (κ1) is 15.1. The zero-order valence-corrected chi connectivity index (χ0v) is 12.4. The molecule has 110 valence electrons. The van der Waals surface area contributed by atoms with E-state index in [1.54, 1.807) is 29.2 Å². The molecule has 7 heteroatoms. The van der Waals surface area contributed by atoms with E-state index in [9.17, 15) is 13.2 Å². The van der Waals surface area contributed by atoms with Crippen molar-refractivity contribution in [2.75, 3.05) is 23.0 Å². The average Bonchev–Trinajstić information content (AvgIpc) is 2.37. The van der Waals surface area contributed by atoms with Crippen molar-refractivity contribution in [2.45, 2.75) is 18.9 Å². The van der Waals surface area contributed by atoms with E-state index >= 15 is 0 Å².